The first-order chi connectivity index (χ1) is 12.0. The summed E-state index contributed by atoms with van der Waals surface area (Å²) in [4.78, 5) is 23.9. The Bertz CT molecular complexity index is 951. The topological polar surface area (TPSA) is 84.2 Å². The van der Waals surface area contributed by atoms with Crippen LogP contribution in [0.5, 0.6) is 0 Å². The van der Waals surface area contributed by atoms with Gasteiger partial charge in [-0.05, 0) is 24.3 Å². The number of carbonyl (C=O) groups is 2. The zero-order valence-corrected chi connectivity index (χ0v) is 14.8. The Kier molecular flexibility index (Phi) is 4.67. The quantitative estimate of drug-likeness (QED) is 0.698. The number of nitrogens with zero attached hydrogens (tertiary/aromatic N) is 2. The van der Waals surface area contributed by atoms with E-state index in [1.54, 1.807) is 25.2 Å². The Morgan fingerprint density at radius 1 is 1.12 bits per heavy atom. The largest absolute Gasteiger partial charge is 0.478 e. The highest BCUT2D eigenvalue weighted by molar-refractivity contribution is 9.10. The molecule has 3 aromatic rings. The summed E-state index contributed by atoms with van der Waals surface area (Å²) in [6.45, 7) is 0. The molecule has 7 heteroatoms. The SMILES string of the molecule is Cn1nc(-c2ccccc2)cc1C(=O)Nc1ccc(Br)cc1C(=O)O. The van der Waals surface area contributed by atoms with Crippen molar-refractivity contribution in [1.29, 1.82) is 0 Å². The molecule has 0 radical (unpaired) electrons. The van der Waals surface area contributed by atoms with Crippen molar-refractivity contribution in [2.45, 2.75) is 0 Å². The third-order valence-electron chi connectivity index (χ3n) is 3.64. The van der Waals surface area contributed by atoms with Crippen LogP contribution in [0.4, 0.5) is 5.69 Å². The molecular formula is C18H14BrN3O3. The maximum atomic E-state index is 12.6. The Labute approximate surface area is 152 Å². The highest BCUT2D eigenvalue weighted by Crippen LogP contribution is 2.23. The molecule has 6 nitrogen and oxygen atoms in total. The third kappa shape index (κ3) is 3.61. The molecule has 0 aliphatic carbocycles. The third-order valence-corrected chi connectivity index (χ3v) is 4.14. The number of rotatable bonds is 4. The standard InChI is InChI=1S/C18H14BrN3O3/c1-22-16(10-15(21-22)11-5-3-2-4-6-11)17(23)20-14-8-7-12(19)9-13(14)18(24)25/h2-10H,1H3,(H,20,23)(H,24,25). The van der Waals surface area contributed by atoms with Gasteiger partial charge in [0.25, 0.3) is 5.91 Å². The van der Waals surface area contributed by atoms with E-state index in [9.17, 15) is 14.7 Å². The van der Waals surface area contributed by atoms with Crippen LogP contribution in [-0.4, -0.2) is 26.8 Å². The number of aromatic nitrogens is 2. The van der Waals surface area contributed by atoms with Crippen LogP contribution in [0.25, 0.3) is 11.3 Å². The number of halogens is 1. The first kappa shape index (κ1) is 16.9. The van der Waals surface area contributed by atoms with Gasteiger partial charge in [0, 0.05) is 17.1 Å². The van der Waals surface area contributed by atoms with Gasteiger partial charge in [0.05, 0.1) is 16.9 Å². The molecule has 0 aliphatic rings. The number of hydrogen-bond donors (Lipinski definition) is 2. The maximum Gasteiger partial charge on any atom is 0.337 e. The number of aromatic carboxylic acids is 1. The Balaban J connectivity index is 1.90. The molecule has 0 unspecified atom stereocenters. The number of nitrogens with one attached hydrogen (secondary N) is 1. The molecule has 0 saturated heterocycles. The Morgan fingerprint density at radius 2 is 1.84 bits per heavy atom. The lowest BCUT2D eigenvalue weighted by atomic mass is 10.1. The van der Waals surface area contributed by atoms with Crippen molar-refractivity contribution < 1.29 is 14.7 Å². The molecule has 126 valence electrons. The molecule has 1 amide bonds. The first-order valence-corrected chi connectivity index (χ1v) is 8.18. The van der Waals surface area contributed by atoms with Gasteiger partial charge in [-0.15, -0.1) is 0 Å². The van der Waals surface area contributed by atoms with Crippen LogP contribution in [0.15, 0.2) is 59.1 Å². The molecule has 25 heavy (non-hydrogen) atoms. The summed E-state index contributed by atoms with van der Waals surface area (Å²) >= 11 is 3.23. The summed E-state index contributed by atoms with van der Waals surface area (Å²) in [6.07, 6.45) is 0. The van der Waals surface area contributed by atoms with Crippen molar-refractivity contribution in [2.75, 3.05) is 5.32 Å². The summed E-state index contributed by atoms with van der Waals surface area (Å²) < 4.78 is 2.09. The van der Waals surface area contributed by atoms with Crippen LogP contribution >= 0.6 is 15.9 Å². The molecule has 0 spiro atoms. The first-order valence-electron chi connectivity index (χ1n) is 7.39. The molecule has 0 fully saturated rings. The van der Waals surface area contributed by atoms with Gasteiger partial charge in [0.15, 0.2) is 0 Å². The van der Waals surface area contributed by atoms with Gasteiger partial charge in [-0.3, -0.25) is 9.48 Å². The molecule has 2 aromatic carbocycles. The van der Waals surface area contributed by atoms with Gasteiger partial charge in [-0.25, -0.2) is 4.79 Å². The minimum absolute atomic E-state index is 0.00757. The summed E-state index contributed by atoms with van der Waals surface area (Å²) in [6, 6.07) is 15.8. The van der Waals surface area contributed by atoms with Crippen LogP contribution < -0.4 is 5.32 Å². The van der Waals surface area contributed by atoms with E-state index in [0.29, 0.717) is 15.9 Å². The summed E-state index contributed by atoms with van der Waals surface area (Å²) in [5.74, 6) is -1.55. The Hall–Kier alpha value is -2.93. The molecule has 0 bridgehead atoms. The van der Waals surface area contributed by atoms with Crippen molar-refractivity contribution in [1.82, 2.24) is 9.78 Å². The summed E-state index contributed by atoms with van der Waals surface area (Å²) in [5.41, 5.74) is 2.13. The lowest BCUT2D eigenvalue weighted by Crippen LogP contribution is -2.18. The molecule has 1 aromatic heterocycles. The predicted octanol–water partition coefficient (Wildman–Crippen LogP) is 3.80. The molecule has 3 rings (SSSR count). The number of anilines is 1. The second-order valence-corrected chi connectivity index (χ2v) is 6.27. The average molecular weight is 400 g/mol. The number of carboxylic acids is 1. The van der Waals surface area contributed by atoms with Crippen molar-refractivity contribution in [2.24, 2.45) is 7.05 Å². The van der Waals surface area contributed by atoms with Gasteiger partial charge in [0.2, 0.25) is 0 Å². The van der Waals surface area contributed by atoms with E-state index in [1.165, 1.54) is 10.7 Å². The number of aryl methyl sites for hydroxylation is 1. The summed E-state index contributed by atoms with van der Waals surface area (Å²) in [7, 11) is 1.67. The zero-order valence-electron chi connectivity index (χ0n) is 13.2. The number of benzene rings is 2. The molecule has 0 aliphatic heterocycles. The molecule has 2 N–H and O–H groups in total. The van der Waals surface area contributed by atoms with Gasteiger partial charge in [0.1, 0.15) is 5.69 Å². The van der Waals surface area contributed by atoms with Crippen molar-refractivity contribution in [3.8, 4) is 11.3 Å². The lowest BCUT2D eigenvalue weighted by Gasteiger charge is -2.09. The zero-order chi connectivity index (χ0) is 18.0. The highest BCUT2D eigenvalue weighted by atomic mass is 79.9. The van der Waals surface area contributed by atoms with Gasteiger partial charge < -0.3 is 10.4 Å². The molecular weight excluding hydrogens is 386 g/mol. The number of hydrogen-bond acceptors (Lipinski definition) is 3. The fourth-order valence-electron chi connectivity index (χ4n) is 2.42. The number of carboxylic acid groups (broad SMARTS) is 1. The monoisotopic (exact) mass is 399 g/mol. The van der Waals surface area contributed by atoms with Crippen molar-refractivity contribution in [3.63, 3.8) is 0 Å². The second kappa shape index (κ2) is 6.90. The van der Waals surface area contributed by atoms with Crippen LogP contribution in [0.2, 0.25) is 0 Å². The van der Waals surface area contributed by atoms with Crippen molar-refractivity contribution >= 4 is 33.5 Å². The second-order valence-electron chi connectivity index (χ2n) is 5.35. The van der Waals surface area contributed by atoms with Gasteiger partial charge >= 0.3 is 5.97 Å². The van der Waals surface area contributed by atoms with E-state index in [1.807, 2.05) is 30.3 Å². The van der Waals surface area contributed by atoms with Crippen LogP contribution in [0.1, 0.15) is 20.8 Å². The number of carbonyl (C=O) groups excluding carboxylic acids is 1. The Morgan fingerprint density at radius 3 is 2.52 bits per heavy atom. The van der Waals surface area contributed by atoms with Crippen LogP contribution in [0.3, 0.4) is 0 Å². The normalized spacial score (nSPS) is 10.5. The predicted molar refractivity (Wildman–Crippen MR) is 97.7 cm³/mol. The van der Waals surface area contributed by atoms with Crippen LogP contribution in [0, 0.1) is 0 Å². The lowest BCUT2D eigenvalue weighted by molar-refractivity contribution is 0.0698. The highest BCUT2D eigenvalue weighted by Gasteiger charge is 2.18. The fraction of sp³-hybridized carbons (Fsp3) is 0.0556. The van der Waals surface area contributed by atoms with Crippen LogP contribution in [-0.2, 0) is 7.05 Å². The average Bonchev–Trinajstić information content (AvgIpc) is 2.99. The number of amides is 1. The molecule has 0 saturated carbocycles. The molecule has 1 heterocycles. The minimum atomic E-state index is -1.12. The summed E-state index contributed by atoms with van der Waals surface area (Å²) in [5, 5.41) is 16.3. The van der Waals surface area contributed by atoms with E-state index in [2.05, 4.69) is 26.3 Å². The molecule has 0 atom stereocenters. The smallest absolute Gasteiger partial charge is 0.337 e. The fourth-order valence-corrected chi connectivity index (χ4v) is 2.78. The van der Waals surface area contributed by atoms with Gasteiger partial charge in [-0.1, -0.05) is 46.3 Å². The van der Waals surface area contributed by atoms with E-state index in [0.717, 1.165) is 5.56 Å². The van der Waals surface area contributed by atoms with E-state index >= 15 is 0 Å². The van der Waals surface area contributed by atoms with E-state index < -0.39 is 11.9 Å². The van der Waals surface area contributed by atoms with Crippen molar-refractivity contribution in [3.05, 3.63) is 70.3 Å². The van der Waals surface area contributed by atoms with Gasteiger partial charge in [-0.2, -0.15) is 5.10 Å². The van der Waals surface area contributed by atoms with E-state index in [-0.39, 0.29) is 11.3 Å². The minimum Gasteiger partial charge on any atom is -0.478 e. The van der Waals surface area contributed by atoms with E-state index in [4.69, 9.17) is 0 Å². The maximum absolute atomic E-state index is 12.6.